The minimum Gasteiger partial charge on any atom is -0.486 e. The molecule has 0 bridgehead atoms. The van der Waals surface area contributed by atoms with E-state index in [9.17, 15) is 0 Å². The largest absolute Gasteiger partial charge is 0.486 e. The number of halogens is 1. The molecule has 1 heterocycles. The van der Waals surface area contributed by atoms with Crippen LogP contribution < -0.4 is 4.74 Å². The van der Waals surface area contributed by atoms with Crippen LogP contribution in [0.3, 0.4) is 0 Å². The van der Waals surface area contributed by atoms with Crippen LogP contribution in [0.2, 0.25) is 5.15 Å². The highest BCUT2D eigenvalue weighted by molar-refractivity contribution is 6.30. The van der Waals surface area contributed by atoms with Crippen molar-refractivity contribution in [3.05, 3.63) is 65.0 Å². The van der Waals surface area contributed by atoms with Crippen LogP contribution in [0.4, 0.5) is 0 Å². The number of nitrogens with zero attached hydrogens (tertiary/aromatic N) is 1. The summed E-state index contributed by atoms with van der Waals surface area (Å²) >= 11 is 6.04. The standard InChI is InChI=1S/C16H16ClNO2/c1-19-9-5-8-14-10-15(16(17)18-11-14)20-12-13-6-3-2-4-7-13/h2-8,10-11H,9,12H2,1H3. The molecule has 0 fully saturated rings. The first kappa shape index (κ1) is 14.6. The first-order valence-corrected chi connectivity index (χ1v) is 6.65. The summed E-state index contributed by atoms with van der Waals surface area (Å²) in [5, 5.41) is 0.366. The topological polar surface area (TPSA) is 31.4 Å². The quantitative estimate of drug-likeness (QED) is 0.754. The van der Waals surface area contributed by atoms with Crippen molar-refractivity contribution >= 4 is 17.7 Å². The lowest BCUT2D eigenvalue weighted by Crippen LogP contribution is -1.97. The molecule has 20 heavy (non-hydrogen) atoms. The van der Waals surface area contributed by atoms with E-state index < -0.39 is 0 Å². The Bertz CT molecular complexity index is 570. The Kier molecular flexibility index (Phi) is 5.59. The van der Waals surface area contributed by atoms with E-state index in [1.807, 2.05) is 48.6 Å². The van der Waals surface area contributed by atoms with E-state index in [-0.39, 0.29) is 0 Å². The summed E-state index contributed by atoms with van der Waals surface area (Å²) in [5.41, 5.74) is 2.01. The summed E-state index contributed by atoms with van der Waals surface area (Å²) in [6, 6.07) is 11.8. The van der Waals surface area contributed by atoms with E-state index in [1.54, 1.807) is 13.3 Å². The number of aromatic nitrogens is 1. The fraction of sp³-hybridized carbons (Fsp3) is 0.188. The van der Waals surface area contributed by atoms with Crippen molar-refractivity contribution in [1.29, 1.82) is 0 Å². The zero-order valence-corrected chi connectivity index (χ0v) is 12.0. The molecule has 0 saturated carbocycles. The van der Waals surface area contributed by atoms with Crippen molar-refractivity contribution in [3.8, 4) is 5.75 Å². The second kappa shape index (κ2) is 7.68. The lowest BCUT2D eigenvalue weighted by Gasteiger charge is -2.08. The fourth-order valence-electron chi connectivity index (χ4n) is 1.65. The lowest BCUT2D eigenvalue weighted by atomic mass is 10.2. The fourth-order valence-corrected chi connectivity index (χ4v) is 1.81. The summed E-state index contributed by atoms with van der Waals surface area (Å²) in [6.45, 7) is 1.02. The predicted molar refractivity (Wildman–Crippen MR) is 80.9 cm³/mol. The van der Waals surface area contributed by atoms with Gasteiger partial charge in [-0.2, -0.15) is 0 Å². The number of methoxy groups -OCH3 is 1. The van der Waals surface area contributed by atoms with Gasteiger partial charge in [-0.15, -0.1) is 0 Å². The van der Waals surface area contributed by atoms with Crippen LogP contribution in [0.5, 0.6) is 5.75 Å². The number of benzene rings is 1. The Morgan fingerprint density at radius 3 is 2.80 bits per heavy atom. The normalized spacial score (nSPS) is 10.9. The molecular formula is C16H16ClNO2. The van der Waals surface area contributed by atoms with Gasteiger partial charge < -0.3 is 9.47 Å². The zero-order valence-electron chi connectivity index (χ0n) is 11.3. The molecule has 3 nitrogen and oxygen atoms in total. The number of hydrogen-bond donors (Lipinski definition) is 0. The van der Waals surface area contributed by atoms with Gasteiger partial charge in [-0.25, -0.2) is 4.98 Å². The lowest BCUT2D eigenvalue weighted by molar-refractivity contribution is 0.234. The van der Waals surface area contributed by atoms with Gasteiger partial charge in [-0.3, -0.25) is 0 Å². The van der Waals surface area contributed by atoms with E-state index in [0.29, 0.717) is 24.1 Å². The van der Waals surface area contributed by atoms with E-state index in [4.69, 9.17) is 21.1 Å². The van der Waals surface area contributed by atoms with Crippen molar-refractivity contribution in [2.45, 2.75) is 6.61 Å². The molecular weight excluding hydrogens is 274 g/mol. The predicted octanol–water partition coefficient (Wildman–Crippen LogP) is 3.97. The number of hydrogen-bond acceptors (Lipinski definition) is 3. The zero-order chi connectivity index (χ0) is 14.2. The second-order valence-electron chi connectivity index (χ2n) is 4.19. The Labute approximate surface area is 123 Å². The summed E-state index contributed by atoms with van der Waals surface area (Å²) in [7, 11) is 1.65. The molecule has 1 aromatic heterocycles. The molecule has 0 radical (unpaired) electrons. The van der Waals surface area contributed by atoms with Crippen LogP contribution in [0.25, 0.3) is 6.08 Å². The minimum atomic E-state index is 0.366. The van der Waals surface area contributed by atoms with Gasteiger partial charge >= 0.3 is 0 Å². The van der Waals surface area contributed by atoms with Gasteiger partial charge in [0.05, 0.1) is 6.61 Å². The molecule has 104 valence electrons. The molecule has 4 heteroatoms. The highest BCUT2D eigenvalue weighted by atomic mass is 35.5. The van der Waals surface area contributed by atoms with Gasteiger partial charge in [0.15, 0.2) is 10.9 Å². The van der Waals surface area contributed by atoms with Crippen LogP contribution in [-0.4, -0.2) is 18.7 Å². The van der Waals surface area contributed by atoms with Crippen LogP contribution in [0, 0.1) is 0 Å². The molecule has 0 unspecified atom stereocenters. The van der Waals surface area contributed by atoms with Crippen LogP contribution >= 0.6 is 11.6 Å². The van der Waals surface area contributed by atoms with Gasteiger partial charge in [0.25, 0.3) is 0 Å². The van der Waals surface area contributed by atoms with Gasteiger partial charge in [0.2, 0.25) is 0 Å². The Balaban J connectivity index is 2.05. The van der Waals surface area contributed by atoms with Gasteiger partial charge in [0.1, 0.15) is 6.61 Å². The molecule has 2 rings (SSSR count). The molecule has 1 aromatic carbocycles. The first-order valence-electron chi connectivity index (χ1n) is 6.27. The number of rotatable bonds is 6. The summed E-state index contributed by atoms with van der Waals surface area (Å²) in [6.07, 6.45) is 5.53. The SMILES string of the molecule is COCC=Cc1cnc(Cl)c(OCc2ccccc2)c1. The maximum atomic E-state index is 6.04. The molecule has 0 aliphatic rings. The second-order valence-corrected chi connectivity index (χ2v) is 4.55. The van der Waals surface area contributed by atoms with Crippen LogP contribution in [0.15, 0.2) is 48.7 Å². The first-order chi connectivity index (χ1) is 9.79. The molecule has 0 saturated heterocycles. The van der Waals surface area contributed by atoms with E-state index in [1.165, 1.54) is 0 Å². The monoisotopic (exact) mass is 289 g/mol. The van der Waals surface area contributed by atoms with Gasteiger partial charge in [-0.05, 0) is 17.2 Å². The molecule has 0 atom stereocenters. The molecule has 0 N–H and O–H groups in total. The number of pyridine rings is 1. The Morgan fingerprint density at radius 1 is 1.25 bits per heavy atom. The summed E-state index contributed by atoms with van der Waals surface area (Å²) in [4.78, 5) is 4.12. The Morgan fingerprint density at radius 2 is 2.05 bits per heavy atom. The van der Waals surface area contributed by atoms with E-state index >= 15 is 0 Å². The molecule has 2 aromatic rings. The maximum Gasteiger partial charge on any atom is 0.171 e. The van der Waals surface area contributed by atoms with Gasteiger partial charge in [-0.1, -0.05) is 54.1 Å². The van der Waals surface area contributed by atoms with Crippen molar-refractivity contribution in [2.24, 2.45) is 0 Å². The number of ether oxygens (including phenoxy) is 2. The molecule has 0 aliphatic carbocycles. The average Bonchev–Trinajstić information content (AvgIpc) is 2.49. The molecule has 0 spiro atoms. The van der Waals surface area contributed by atoms with Crippen LogP contribution in [-0.2, 0) is 11.3 Å². The van der Waals surface area contributed by atoms with Crippen molar-refractivity contribution in [2.75, 3.05) is 13.7 Å². The summed E-state index contributed by atoms with van der Waals surface area (Å²) < 4.78 is 10.7. The Hall–Kier alpha value is -1.84. The third-order valence-corrected chi connectivity index (χ3v) is 2.92. The average molecular weight is 290 g/mol. The maximum absolute atomic E-state index is 6.04. The van der Waals surface area contributed by atoms with E-state index in [2.05, 4.69) is 4.98 Å². The van der Waals surface area contributed by atoms with Crippen molar-refractivity contribution in [3.63, 3.8) is 0 Å². The minimum absolute atomic E-state index is 0.366. The van der Waals surface area contributed by atoms with Crippen molar-refractivity contribution < 1.29 is 9.47 Å². The third-order valence-electron chi connectivity index (χ3n) is 2.64. The summed E-state index contributed by atoms with van der Waals surface area (Å²) in [5.74, 6) is 0.579. The van der Waals surface area contributed by atoms with Crippen molar-refractivity contribution in [1.82, 2.24) is 4.98 Å². The molecule has 0 aliphatic heterocycles. The van der Waals surface area contributed by atoms with E-state index in [0.717, 1.165) is 11.1 Å². The highest BCUT2D eigenvalue weighted by Crippen LogP contribution is 2.24. The van der Waals surface area contributed by atoms with Crippen LogP contribution in [0.1, 0.15) is 11.1 Å². The van der Waals surface area contributed by atoms with Gasteiger partial charge in [0, 0.05) is 13.3 Å². The third kappa shape index (κ3) is 4.37. The highest BCUT2D eigenvalue weighted by Gasteiger charge is 2.04. The molecule has 0 amide bonds. The smallest absolute Gasteiger partial charge is 0.171 e.